The van der Waals surface area contributed by atoms with Gasteiger partial charge < -0.3 is 15.0 Å². The van der Waals surface area contributed by atoms with Gasteiger partial charge in [0, 0.05) is 5.82 Å². The molecule has 0 spiro atoms. The fourth-order valence-corrected chi connectivity index (χ4v) is 2.32. The van der Waals surface area contributed by atoms with Crippen molar-refractivity contribution in [3.8, 4) is 0 Å². The number of rotatable bonds is 1. The normalized spacial score (nSPS) is 34.2. The van der Waals surface area contributed by atoms with Gasteiger partial charge in [-0.05, 0) is 33.8 Å². The topological polar surface area (TPSA) is 44.5 Å². The smallest absolute Gasteiger partial charge is 0.403 e. The fourth-order valence-electron chi connectivity index (χ4n) is 1.99. The molecule has 0 aromatic rings. The van der Waals surface area contributed by atoms with Crippen LogP contribution in [-0.4, -0.2) is 23.7 Å². The molecule has 1 aliphatic carbocycles. The van der Waals surface area contributed by atoms with Crippen molar-refractivity contribution in [2.75, 3.05) is 0 Å². The molecule has 0 saturated carbocycles. The maximum Gasteiger partial charge on any atom is 0.467 e. The third kappa shape index (κ3) is 2.08. The van der Waals surface area contributed by atoms with Crippen LogP contribution in [0.4, 0.5) is 4.39 Å². The van der Waals surface area contributed by atoms with Gasteiger partial charge in [-0.2, -0.15) is 0 Å². The SMILES string of the molecule is CC1(C)OB(C2C=CC(N)=C(F)C2Cl)OC1(C)C. The Morgan fingerprint density at radius 1 is 1.28 bits per heavy atom. The molecule has 2 aliphatic rings. The van der Waals surface area contributed by atoms with Crippen LogP contribution in [0.15, 0.2) is 23.7 Å². The van der Waals surface area contributed by atoms with E-state index in [1.807, 2.05) is 27.7 Å². The first-order valence-corrected chi connectivity index (χ1v) is 6.42. The van der Waals surface area contributed by atoms with E-state index < -0.39 is 29.5 Å². The molecular weight excluding hydrogens is 255 g/mol. The Bertz CT molecular complexity index is 406. The first-order valence-electron chi connectivity index (χ1n) is 5.99. The Balaban J connectivity index is 2.20. The summed E-state index contributed by atoms with van der Waals surface area (Å²) in [6.45, 7) is 7.79. The molecular formula is C12H18BClFNO2. The number of allylic oxidation sites excluding steroid dienone is 3. The van der Waals surface area contributed by atoms with E-state index in [9.17, 15) is 4.39 Å². The predicted molar refractivity (Wildman–Crippen MR) is 70.9 cm³/mol. The Morgan fingerprint density at radius 3 is 2.28 bits per heavy atom. The van der Waals surface area contributed by atoms with E-state index >= 15 is 0 Å². The molecule has 3 nitrogen and oxygen atoms in total. The Labute approximate surface area is 112 Å². The molecule has 1 fully saturated rings. The second-order valence-corrected chi connectivity index (χ2v) is 6.24. The van der Waals surface area contributed by atoms with E-state index in [-0.39, 0.29) is 11.5 Å². The van der Waals surface area contributed by atoms with Crippen molar-refractivity contribution in [2.24, 2.45) is 5.73 Å². The zero-order valence-corrected chi connectivity index (χ0v) is 11.8. The summed E-state index contributed by atoms with van der Waals surface area (Å²) in [6, 6.07) is 0. The molecule has 0 radical (unpaired) electrons. The number of alkyl halides is 1. The molecule has 2 rings (SSSR count). The summed E-state index contributed by atoms with van der Waals surface area (Å²) in [5.41, 5.74) is 4.65. The Morgan fingerprint density at radius 2 is 1.78 bits per heavy atom. The minimum absolute atomic E-state index is 0.0720. The second kappa shape index (κ2) is 4.25. The van der Waals surface area contributed by atoms with Crippen LogP contribution >= 0.6 is 11.6 Å². The Hall–Kier alpha value is -0.515. The largest absolute Gasteiger partial charge is 0.467 e. The van der Waals surface area contributed by atoms with E-state index in [1.54, 1.807) is 6.08 Å². The van der Waals surface area contributed by atoms with Crippen molar-refractivity contribution < 1.29 is 13.7 Å². The molecule has 0 aromatic heterocycles. The monoisotopic (exact) mass is 273 g/mol. The number of hydrogen-bond acceptors (Lipinski definition) is 3. The highest BCUT2D eigenvalue weighted by atomic mass is 35.5. The molecule has 0 amide bonds. The van der Waals surface area contributed by atoms with Crippen LogP contribution in [0.2, 0.25) is 5.82 Å². The van der Waals surface area contributed by atoms with Crippen molar-refractivity contribution in [1.29, 1.82) is 0 Å². The number of halogens is 2. The predicted octanol–water partition coefficient (Wildman–Crippen LogP) is 2.77. The summed E-state index contributed by atoms with van der Waals surface area (Å²) in [5.74, 6) is -0.890. The zero-order chi connectivity index (χ0) is 13.7. The molecule has 6 heteroatoms. The summed E-state index contributed by atoms with van der Waals surface area (Å²) in [4.78, 5) is 0. The number of hydrogen-bond donors (Lipinski definition) is 1. The van der Waals surface area contributed by atoms with Gasteiger partial charge >= 0.3 is 7.12 Å². The van der Waals surface area contributed by atoms with Crippen molar-refractivity contribution in [2.45, 2.75) is 50.1 Å². The van der Waals surface area contributed by atoms with Crippen molar-refractivity contribution in [3.05, 3.63) is 23.7 Å². The minimum Gasteiger partial charge on any atom is -0.403 e. The van der Waals surface area contributed by atoms with Crippen molar-refractivity contribution >= 4 is 18.7 Å². The van der Waals surface area contributed by atoms with Crippen LogP contribution in [0.5, 0.6) is 0 Å². The zero-order valence-electron chi connectivity index (χ0n) is 11.0. The van der Waals surface area contributed by atoms with E-state index in [0.717, 1.165) is 0 Å². The quantitative estimate of drug-likeness (QED) is 0.590. The maximum absolute atomic E-state index is 13.7. The van der Waals surface area contributed by atoms with Crippen molar-refractivity contribution in [3.63, 3.8) is 0 Å². The minimum atomic E-state index is -0.843. The third-order valence-electron chi connectivity index (χ3n) is 3.94. The molecule has 100 valence electrons. The first kappa shape index (κ1) is 13.9. The Kier molecular flexibility index (Phi) is 3.29. The summed E-state index contributed by atoms with van der Waals surface area (Å²) in [7, 11) is -0.562. The van der Waals surface area contributed by atoms with Crippen molar-refractivity contribution in [1.82, 2.24) is 0 Å². The van der Waals surface area contributed by atoms with E-state index in [0.29, 0.717) is 0 Å². The molecule has 0 bridgehead atoms. The van der Waals surface area contributed by atoms with Gasteiger partial charge in [-0.1, -0.05) is 6.08 Å². The lowest BCUT2D eigenvalue weighted by Crippen LogP contribution is -2.41. The van der Waals surface area contributed by atoms with E-state index in [2.05, 4.69) is 0 Å². The van der Waals surface area contributed by atoms with E-state index in [1.165, 1.54) is 6.08 Å². The van der Waals surface area contributed by atoms with Gasteiger partial charge in [0.25, 0.3) is 0 Å². The molecule has 2 atom stereocenters. The third-order valence-corrected chi connectivity index (χ3v) is 4.42. The van der Waals surface area contributed by atoms with Gasteiger partial charge in [-0.3, -0.25) is 0 Å². The van der Waals surface area contributed by atoms with Gasteiger partial charge in [-0.25, -0.2) is 4.39 Å². The van der Waals surface area contributed by atoms with Gasteiger partial charge in [0.1, 0.15) is 5.83 Å². The molecule has 1 aliphatic heterocycles. The van der Waals surface area contributed by atoms with Gasteiger partial charge in [-0.15, -0.1) is 11.6 Å². The highest BCUT2D eigenvalue weighted by Crippen LogP contribution is 2.44. The average molecular weight is 274 g/mol. The summed E-state index contributed by atoms with van der Waals surface area (Å²) < 4.78 is 25.5. The lowest BCUT2D eigenvalue weighted by molar-refractivity contribution is 0.00578. The molecule has 2 unspecified atom stereocenters. The van der Waals surface area contributed by atoms with Gasteiger partial charge in [0.15, 0.2) is 0 Å². The van der Waals surface area contributed by atoms with Gasteiger partial charge in [0.2, 0.25) is 0 Å². The summed E-state index contributed by atoms with van der Waals surface area (Å²) in [5, 5.41) is -0.843. The van der Waals surface area contributed by atoms with Crippen LogP contribution in [-0.2, 0) is 9.31 Å². The molecule has 18 heavy (non-hydrogen) atoms. The second-order valence-electron chi connectivity index (χ2n) is 5.77. The fraction of sp³-hybridized carbons (Fsp3) is 0.667. The van der Waals surface area contributed by atoms with Crippen LogP contribution < -0.4 is 5.73 Å². The summed E-state index contributed by atoms with van der Waals surface area (Å²) >= 11 is 6.07. The van der Waals surface area contributed by atoms with Crippen LogP contribution in [0.25, 0.3) is 0 Å². The lowest BCUT2D eigenvalue weighted by Gasteiger charge is -2.32. The highest BCUT2D eigenvalue weighted by molar-refractivity contribution is 6.50. The standard InChI is InChI=1S/C12H18BClFNO2/c1-11(2)12(3,4)18-13(17-11)7-5-6-8(16)10(15)9(7)14/h5-7,9H,16H2,1-4H3. The van der Waals surface area contributed by atoms with Crippen LogP contribution in [0.1, 0.15) is 27.7 Å². The average Bonchev–Trinajstić information content (AvgIpc) is 2.45. The van der Waals surface area contributed by atoms with Crippen LogP contribution in [0, 0.1) is 0 Å². The molecule has 1 saturated heterocycles. The molecule has 0 aromatic carbocycles. The van der Waals surface area contributed by atoms with Gasteiger partial charge in [0.05, 0.1) is 22.3 Å². The first-order chi connectivity index (χ1) is 8.16. The van der Waals surface area contributed by atoms with Crippen LogP contribution in [0.3, 0.4) is 0 Å². The summed E-state index contributed by atoms with van der Waals surface area (Å²) in [6.07, 6.45) is 3.27. The maximum atomic E-state index is 13.7. The lowest BCUT2D eigenvalue weighted by atomic mass is 9.68. The van der Waals surface area contributed by atoms with E-state index in [4.69, 9.17) is 26.6 Å². The highest BCUT2D eigenvalue weighted by Gasteiger charge is 2.55. The molecule has 2 N–H and O–H groups in total. The number of nitrogens with two attached hydrogens (primary N) is 1. The molecule has 1 heterocycles.